The average Bonchev–Trinajstić information content (AvgIpc) is 1.65. The molecule has 0 aliphatic heterocycles. The van der Waals surface area contributed by atoms with Gasteiger partial charge in [-0.2, -0.15) is 0 Å². The molecule has 11 aromatic rings. The number of carboxylic acid groups (broad SMARTS) is 1. The molecule has 4 saturated carbocycles. The number of rotatable bonds is 16. The van der Waals surface area contributed by atoms with E-state index in [1.54, 1.807) is 43.8 Å². The van der Waals surface area contributed by atoms with Crippen LogP contribution in [0.5, 0.6) is 11.8 Å². The summed E-state index contributed by atoms with van der Waals surface area (Å²) in [6.45, 7) is 14.7. The second-order valence-electron chi connectivity index (χ2n) is 33.8. The summed E-state index contributed by atoms with van der Waals surface area (Å²) in [5.74, 6) is 2.54. The summed E-state index contributed by atoms with van der Waals surface area (Å²) in [5.41, 5.74) is 26.0. The molecule has 7 heterocycles. The average molecular weight is 1810 g/mol. The number of aromatic amines is 1. The number of benzene rings is 4. The van der Waals surface area contributed by atoms with Crippen LogP contribution < -0.4 is 42.2 Å². The molecule has 19 rings (SSSR count). The zero-order chi connectivity index (χ0) is 86.8. The molecule has 0 saturated heterocycles. The molecule has 21 nitrogen and oxygen atoms in total. The van der Waals surface area contributed by atoms with Crippen molar-refractivity contribution in [2.24, 2.45) is 0 Å². The largest absolute Gasteiger partial charge is 0.490 e. The van der Waals surface area contributed by atoms with E-state index in [0.717, 1.165) is 163 Å². The summed E-state index contributed by atoms with van der Waals surface area (Å²) in [6, 6.07) is 51.0. The van der Waals surface area contributed by atoms with Crippen LogP contribution in [0.25, 0.3) is 22.5 Å². The minimum Gasteiger partial charge on any atom is -0.481 e. The van der Waals surface area contributed by atoms with Crippen LogP contribution in [0.1, 0.15) is 166 Å². The summed E-state index contributed by atoms with van der Waals surface area (Å²) in [5, 5.41) is 36.5. The molecule has 0 atom stereocenters. The SMILES string of the molecule is COc1ccc(-c2nc(NC(=O)C3(c4ccc5c(c4)CCC5)CC3)ccc2C)cn1.COc1ccc(B(O)O)cn1.C[Si](C)(C)I.Cc1ccc(N)nc1Cl.Cc1ccc(NC(=O)C2(c3ccc4c(c3)CCC4)CC2)nc1-c1ccc(=O)[nH]c1.Cc1ccc(NC(=O)C2(c3ccc4c(c3)CCC4)CC2)nc1Cl.O=C(O)C1(c2ccc3c(c2)CCC3)CC1. The highest BCUT2D eigenvalue weighted by molar-refractivity contribution is 14.1. The molecular formula is C96H105BCl2IN11O10Si. The fourth-order valence-corrected chi connectivity index (χ4v) is 16.3. The molecular weight excluding hydrogens is 1700 g/mol. The molecule has 8 aliphatic carbocycles. The third-order valence-electron chi connectivity index (χ3n) is 23.9. The van der Waals surface area contributed by atoms with Crippen LogP contribution in [0.2, 0.25) is 29.9 Å². The number of amides is 3. The van der Waals surface area contributed by atoms with Crippen molar-refractivity contribution >= 4 is 110 Å². The van der Waals surface area contributed by atoms with E-state index in [2.05, 4.69) is 154 Å². The highest BCUT2D eigenvalue weighted by Crippen LogP contribution is 2.53. The van der Waals surface area contributed by atoms with Crippen LogP contribution in [0.3, 0.4) is 0 Å². The molecule has 632 valence electrons. The van der Waals surface area contributed by atoms with Crippen LogP contribution in [0.15, 0.2) is 181 Å². The van der Waals surface area contributed by atoms with E-state index in [1.165, 1.54) is 102 Å². The van der Waals surface area contributed by atoms with Gasteiger partial charge in [-0.1, -0.05) is 146 Å². The third-order valence-corrected chi connectivity index (χ3v) is 24.6. The fourth-order valence-electron chi connectivity index (χ4n) is 16.0. The van der Waals surface area contributed by atoms with E-state index in [1.807, 2.05) is 82.3 Å². The number of nitrogens with two attached hydrogens (primary N) is 1. The summed E-state index contributed by atoms with van der Waals surface area (Å²) >= 11 is 14.2. The number of aromatic nitrogens is 7. The molecule has 122 heavy (non-hydrogen) atoms. The van der Waals surface area contributed by atoms with Gasteiger partial charge >= 0.3 is 13.1 Å². The van der Waals surface area contributed by atoms with Gasteiger partial charge in [-0.15, -0.1) is 21.8 Å². The maximum atomic E-state index is 13.2. The minimum absolute atomic E-state index is 0.0132. The van der Waals surface area contributed by atoms with Crippen molar-refractivity contribution in [1.29, 1.82) is 0 Å². The number of carbonyl (C=O) groups is 4. The van der Waals surface area contributed by atoms with Crippen molar-refractivity contribution in [3.8, 4) is 34.3 Å². The van der Waals surface area contributed by atoms with Gasteiger partial charge in [0.1, 0.15) is 39.1 Å². The maximum Gasteiger partial charge on any atom is 0.490 e. The van der Waals surface area contributed by atoms with Crippen molar-refractivity contribution < 1.29 is 43.8 Å². The topological polar surface area (TPSA) is 320 Å². The first-order valence-corrected chi connectivity index (χ1v) is 49.1. The number of carboxylic acids is 1. The lowest BCUT2D eigenvalue weighted by Crippen LogP contribution is -2.29. The Balaban J connectivity index is 0.000000130. The molecule has 4 fully saturated rings. The van der Waals surface area contributed by atoms with Gasteiger partial charge < -0.3 is 51.3 Å². The van der Waals surface area contributed by atoms with E-state index in [4.69, 9.17) is 53.4 Å². The number of fused-ring (bicyclic) bond motifs is 4. The van der Waals surface area contributed by atoms with Gasteiger partial charge in [-0.25, -0.2) is 29.9 Å². The highest BCUT2D eigenvalue weighted by atomic mass is 127. The van der Waals surface area contributed by atoms with Gasteiger partial charge in [-0.05, 0) is 288 Å². The van der Waals surface area contributed by atoms with Crippen molar-refractivity contribution in [2.75, 3.05) is 35.9 Å². The third kappa shape index (κ3) is 21.7. The Morgan fingerprint density at radius 2 is 0.795 bits per heavy atom. The first-order chi connectivity index (χ1) is 58.4. The monoisotopic (exact) mass is 1810 g/mol. The Morgan fingerprint density at radius 1 is 0.451 bits per heavy atom. The van der Waals surface area contributed by atoms with E-state index in [-0.39, 0.29) is 28.7 Å². The zero-order valence-corrected chi connectivity index (χ0v) is 75.2. The number of hydrogen-bond acceptors (Lipinski definition) is 16. The second kappa shape index (κ2) is 38.5. The van der Waals surface area contributed by atoms with Crippen molar-refractivity contribution in [3.05, 3.63) is 286 Å². The molecule has 26 heteroatoms. The maximum absolute atomic E-state index is 13.2. The number of methoxy groups -OCH3 is 2. The van der Waals surface area contributed by atoms with Gasteiger partial charge in [0.05, 0.1) is 47.3 Å². The van der Waals surface area contributed by atoms with Gasteiger partial charge in [0.25, 0.3) is 0 Å². The van der Waals surface area contributed by atoms with Gasteiger partial charge in [0.2, 0.25) is 35.0 Å². The predicted molar refractivity (Wildman–Crippen MR) is 495 cm³/mol. The van der Waals surface area contributed by atoms with Crippen LogP contribution in [-0.2, 0) is 92.2 Å². The number of ether oxygens (including phenoxy) is 2. The summed E-state index contributed by atoms with van der Waals surface area (Å²) in [4.78, 5) is 89.9. The van der Waals surface area contributed by atoms with E-state index in [0.29, 0.717) is 50.8 Å². The van der Waals surface area contributed by atoms with E-state index >= 15 is 0 Å². The van der Waals surface area contributed by atoms with Gasteiger partial charge in [0, 0.05) is 47.3 Å². The minimum atomic E-state index is -1.46. The standard InChI is InChI=1S/C25H25N3O2.C24H23N3O2.C19H19ClN2O.C13H14O2.C6H8BNO3.C6H7ClN2.C3H9ISi/c1-16-6-10-21(27-23(16)19-8-11-22(30-2)26-15-19)28-24(29)25(12-13-25)20-9-7-17-4-3-5-18(17)14-20;1-15-5-9-20(26-22(15)18-7-10-21(28)25-14-18)27-23(29)24(11-12-24)19-8-6-16-3-2-4-17(16)13-19;1-12-5-8-16(21-17(12)20)22-18(23)19(9-10-19)15-7-6-13-3-2-4-14(13)11-15;14-12(15)13(6-7-13)11-5-4-9-2-1-3-10(9)8-11;1-11-6-3-2-5(4-8-6)7(9)10;1-4-2-3-5(8)9-6(4)7;1-5(2,3)4/h6-11,14-15H,3-5,12-13H2,1-2H3,(H,27,28,29);5-10,13-14H,2-4,11-12H2,1H3,(H,25,28)(H,26,27,29);5-8,11H,2-4,9-10H2,1H3,(H,21,22,23);4-5,8H,1-3,6-7H2,(H,14,15);2-4,9-10H,1H3;2-3H,1H3,(H2,8,9);1-3H3. The Labute approximate surface area is 737 Å². The Hall–Kier alpha value is -10.5. The van der Waals surface area contributed by atoms with Gasteiger partial charge in [0.15, 0.2) is 0 Å². The molecule has 8 aliphatic rings. The van der Waals surface area contributed by atoms with Crippen molar-refractivity contribution in [2.45, 2.75) is 197 Å². The summed E-state index contributed by atoms with van der Waals surface area (Å²) in [7, 11) is 1.63. The smallest absolute Gasteiger partial charge is 0.481 e. The van der Waals surface area contributed by atoms with Crippen LogP contribution in [0, 0.1) is 27.7 Å². The number of nitrogens with zero attached hydrogens (tertiary/aromatic N) is 6. The lowest BCUT2D eigenvalue weighted by molar-refractivity contribution is -0.140. The number of pyridine rings is 7. The molecule has 0 radical (unpaired) electrons. The van der Waals surface area contributed by atoms with E-state index in [9.17, 15) is 29.1 Å². The van der Waals surface area contributed by atoms with Crippen LogP contribution in [0.4, 0.5) is 23.3 Å². The highest BCUT2D eigenvalue weighted by Gasteiger charge is 2.55. The number of nitrogen functional groups attached to an aromatic ring is 1. The number of anilines is 4. The molecule has 0 unspecified atom stereocenters. The lowest BCUT2D eigenvalue weighted by Gasteiger charge is -2.17. The second-order valence-corrected chi connectivity index (χ2v) is 48.4. The Bertz CT molecular complexity index is 5730. The fraction of sp³-hybridized carbons (Fsp3) is 0.344. The molecule has 0 bridgehead atoms. The molecule has 4 aromatic carbocycles. The number of hydrogen-bond donors (Lipinski definition) is 8. The quantitative estimate of drug-likeness (QED) is 0.0193. The first kappa shape index (κ1) is 89.3. The summed E-state index contributed by atoms with van der Waals surface area (Å²) in [6.07, 6.45) is 25.7. The number of nitrogens with one attached hydrogen (secondary N) is 4. The molecule has 9 N–H and O–H groups in total. The molecule has 3 amide bonds. The first-order valence-electron chi connectivity index (χ1n) is 41.8. The van der Waals surface area contributed by atoms with Crippen LogP contribution >= 0.6 is 45.0 Å². The van der Waals surface area contributed by atoms with Crippen LogP contribution in [-0.4, -0.2) is 101 Å². The van der Waals surface area contributed by atoms with Crippen molar-refractivity contribution in [1.82, 2.24) is 34.9 Å². The summed E-state index contributed by atoms with van der Waals surface area (Å²) < 4.78 is 9.91. The molecule has 7 aromatic heterocycles. The normalized spacial score (nSPS) is 15.8. The number of halogens is 3. The van der Waals surface area contributed by atoms with E-state index < -0.39 is 34.9 Å². The number of H-pyrrole nitrogens is 1. The molecule has 0 spiro atoms. The van der Waals surface area contributed by atoms with Gasteiger partial charge in [-0.3, -0.25) is 24.0 Å². The Kier molecular flexibility index (Phi) is 28.2. The predicted octanol–water partition coefficient (Wildman–Crippen LogP) is 17.7. The zero-order valence-electron chi connectivity index (χ0n) is 70.6. The number of aliphatic carboxylic acids is 1. The van der Waals surface area contributed by atoms with Crippen molar-refractivity contribution in [3.63, 3.8) is 0 Å². The number of carbonyl (C=O) groups excluding carboxylic acids is 3. The Morgan fingerprint density at radius 3 is 1.11 bits per heavy atom. The number of aryl methyl sites for hydroxylation is 12. The lowest BCUT2D eigenvalue weighted by atomic mass is 9.82.